The van der Waals surface area contributed by atoms with Crippen molar-refractivity contribution in [2.75, 3.05) is 26.2 Å². The Balaban J connectivity index is 2.17. The van der Waals surface area contributed by atoms with Crippen molar-refractivity contribution in [3.63, 3.8) is 0 Å². The lowest BCUT2D eigenvalue weighted by atomic mass is 10.2. The molecular formula is C14H29N2O2P. The van der Waals surface area contributed by atoms with Crippen molar-refractivity contribution in [1.82, 2.24) is 9.34 Å². The lowest BCUT2D eigenvalue weighted by Crippen LogP contribution is -2.40. The van der Waals surface area contributed by atoms with E-state index in [2.05, 4.69) is 9.34 Å². The zero-order valence-electron chi connectivity index (χ0n) is 12.7. The minimum Gasteiger partial charge on any atom is -0.300 e. The molecule has 0 amide bonds. The smallest absolute Gasteiger partial charge is 0.300 e. The van der Waals surface area contributed by atoms with E-state index in [4.69, 9.17) is 4.52 Å². The van der Waals surface area contributed by atoms with Crippen molar-refractivity contribution in [1.29, 1.82) is 0 Å². The van der Waals surface area contributed by atoms with Crippen LogP contribution in [-0.4, -0.2) is 41.1 Å². The van der Waals surface area contributed by atoms with Crippen LogP contribution in [0.25, 0.3) is 0 Å². The molecule has 0 radical (unpaired) electrons. The molecule has 0 N–H and O–H groups in total. The van der Waals surface area contributed by atoms with Crippen LogP contribution >= 0.6 is 7.67 Å². The molecule has 0 aromatic heterocycles. The van der Waals surface area contributed by atoms with Crippen molar-refractivity contribution in [3.05, 3.63) is 0 Å². The van der Waals surface area contributed by atoms with E-state index < -0.39 is 7.67 Å². The Morgan fingerprint density at radius 1 is 0.789 bits per heavy atom. The largest absolute Gasteiger partial charge is 0.346 e. The molecule has 0 spiro atoms. The van der Waals surface area contributed by atoms with Crippen LogP contribution in [-0.2, 0) is 9.09 Å². The molecule has 4 nitrogen and oxygen atoms in total. The van der Waals surface area contributed by atoms with Gasteiger partial charge in [-0.3, -0.25) is 4.57 Å². The van der Waals surface area contributed by atoms with Gasteiger partial charge in [0.25, 0.3) is 0 Å². The minimum absolute atomic E-state index is 0.357. The Bertz CT molecular complexity index is 307. The predicted octanol–water partition coefficient (Wildman–Crippen LogP) is 3.88. The molecule has 0 saturated carbocycles. The van der Waals surface area contributed by atoms with Gasteiger partial charge in [0.05, 0.1) is 5.60 Å². The Morgan fingerprint density at radius 3 is 1.47 bits per heavy atom. The molecule has 0 atom stereocenters. The first-order chi connectivity index (χ1) is 8.92. The van der Waals surface area contributed by atoms with Gasteiger partial charge in [0.15, 0.2) is 0 Å². The monoisotopic (exact) mass is 288 g/mol. The first kappa shape index (κ1) is 15.5. The quantitative estimate of drug-likeness (QED) is 0.738. The van der Waals surface area contributed by atoms with Gasteiger partial charge in [-0.1, -0.05) is 12.8 Å². The molecule has 5 heteroatoms. The normalized spacial score (nSPS) is 24.6. The second-order valence-electron chi connectivity index (χ2n) is 6.72. The van der Waals surface area contributed by atoms with Crippen molar-refractivity contribution in [2.45, 2.75) is 64.9 Å². The van der Waals surface area contributed by atoms with Gasteiger partial charge in [-0.05, 0) is 46.5 Å². The molecule has 19 heavy (non-hydrogen) atoms. The van der Waals surface area contributed by atoms with Crippen LogP contribution in [0.1, 0.15) is 59.3 Å². The minimum atomic E-state index is -2.83. The maximum Gasteiger partial charge on any atom is 0.346 e. The standard InChI is InChI=1S/C14H29N2O2P/c1-14(2,3)18-19(17,15-10-6-4-7-11-15)16-12-8-5-9-13-16/h4-13H2,1-3H3. The van der Waals surface area contributed by atoms with E-state index >= 15 is 0 Å². The summed E-state index contributed by atoms with van der Waals surface area (Å²) in [5.41, 5.74) is -0.357. The lowest BCUT2D eigenvalue weighted by Gasteiger charge is -2.43. The van der Waals surface area contributed by atoms with E-state index in [0.717, 1.165) is 51.9 Å². The van der Waals surface area contributed by atoms with Crippen LogP contribution in [0.2, 0.25) is 0 Å². The van der Waals surface area contributed by atoms with E-state index in [1.54, 1.807) is 0 Å². The van der Waals surface area contributed by atoms with E-state index in [9.17, 15) is 4.57 Å². The van der Waals surface area contributed by atoms with Crippen LogP contribution in [0, 0.1) is 0 Å². The summed E-state index contributed by atoms with van der Waals surface area (Å²) in [5, 5.41) is 0. The van der Waals surface area contributed by atoms with Gasteiger partial charge in [-0.2, -0.15) is 0 Å². The summed E-state index contributed by atoms with van der Waals surface area (Å²) in [6.07, 6.45) is 7.09. The molecule has 2 fully saturated rings. The van der Waals surface area contributed by atoms with Gasteiger partial charge in [0.2, 0.25) is 0 Å². The fraction of sp³-hybridized carbons (Fsp3) is 1.00. The summed E-state index contributed by atoms with van der Waals surface area (Å²) >= 11 is 0. The fourth-order valence-electron chi connectivity index (χ4n) is 2.91. The van der Waals surface area contributed by atoms with Crippen molar-refractivity contribution >= 4 is 7.67 Å². The van der Waals surface area contributed by atoms with Gasteiger partial charge < -0.3 is 4.52 Å². The summed E-state index contributed by atoms with van der Waals surface area (Å²) in [5.74, 6) is 0. The number of hydrogen-bond acceptors (Lipinski definition) is 2. The zero-order valence-corrected chi connectivity index (χ0v) is 13.6. The number of hydrogen-bond donors (Lipinski definition) is 0. The van der Waals surface area contributed by atoms with Crippen LogP contribution in [0.5, 0.6) is 0 Å². The average Bonchev–Trinajstić information content (AvgIpc) is 2.39. The number of rotatable bonds is 3. The summed E-state index contributed by atoms with van der Waals surface area (Å²) < 4.78 is 23.9. The second kappa shape index (κ2) is 6.26. The number of piperidine rings is 2. The molecule has 2 aliphatic heterocycles. The van der Waals surface area contributed by atoms with Crippen LogP contribution in [0.3, 0.4) is 0 Å². The average molecular weight is 288 g/mol. The van der Waals surface area contributed by atoms with Gasteiger partial charge >= 0.3 is 7.67 Å². The molecule has 0 aromatic rings. The third-order valence-electron chi connectivity index (χ3n) is 3.77. The summed E-state index contributed by atoms with van der Waals surface area (Å²) in [6, 6.07) is 0. The van der Waals surface area contributed by atoms with E-state index in [1.165, 1.54) is 12.8 Å². The van der Waals surface area contributed by atoms with Gasteiger partial charge in [-0.15, -0.1) is 0 Å². The highest BCUT2D eigenvalue weighted by Gasteiger charge is 2.42. The van der Waals surface area contributed by atoms with E-state index in [-0.39, 0.29) is 5.60 Å². The Labute approximate surface area is 118 Å². The lowest BCUT2D eigenvalue weighted by molar-refractivity contribution is 0.0851. The highest BCUT2D eigenvalue weighted by molar-refractivity contribution is 7.54. The summed E-state index contributed by atoms with van der Waals surface area (Å²) in [6.45, 7) is 9.70. The maximum atomic E-state index is 13.6. The van der Waals surface area contributed by atoms with Gasteiger partial charge in [0.1, 0.15) is 0 Å². The first-order valence-corrected chi connectivity index (χ1v) is 9.26. The van der Waals surface area contributed by atoms with Gasteiger partial charge in [0, 0.05) is 26.2 Å². The SMILES string of the molecule is CC(C)(C)OP(=O)(N1CCCCC1)N1CCCCC1. The molecule has 0 aromatic carbocycles. The molecule has 0 bridgehead atoms. The molecular weight excluding hydrogens is 259 g/mol. The third-order valence-corrected chi connectivity index (χ3v) is 6.79. The van der Waals surface area contributed by atoms with E-state index in [1.807, 2.05) is 20.8 Å². The molecule has 2 saturated heterocycles. The zero-order chi connectivity index (χ0) is 13.9. The fourth-order valence-corrected chi connectivity index (χ4v) is 5.79. The Kier molecular flexibility index (Phi) is 5.10. The second-order valence-corrected chi connectivity index (χ2v) is 9.02. The summed E-state index contributed by atoms with van der Waals surface area (Å²) in [4.78, 5) is 0. The predicted molar refractivity (Wildman–Crippen MR) is 79.3 cm³/mol. The highest BCUT2D eigenvalue weighted by Crippen LogP contribution is 2.58. The van der Waals surface area contributed by atoms with Crippen molar-refractivity contribution in [2.24, 2.45) is 0 Å². The molecule has 2 aliphatic rings. The highest BCUT2D eigenvalue weighted by atomic mass is 31.2. The molecule has 2 rings (SSSR count). The maximum absolute atomic E-state index is 13.6. The molecule has 0 aliphatic carbocycles. The van der Waals surface area contributed by atoms with Crippen molar-refractivity contribution in [3.8, 4) is 0 Å². The Hall–Kier alpha value is 0.110. The van der Waals surface area contributed by atoms with Crippen LogP contribution in [0.15, 0.2) is 0 Å². The third kappa shape index (κ3) is 4.04. The summed E-state index contributed by atoms with van der Waals surface area (Å²) in [7, 11) is -2.83. The first-order valence-electron chi connectivity index (χ1n) is 7.73. The molecule has 0 unspecified atom stereocenters. The molecule has 112 valence electrons. The Morgan fingerprint density at radius 2 is 1.16 bits per heavy atom. The topological polar surface area (TPSA) is 32.8 Å². The van der Waals surface area contributed by atoms with E-state index in [0.29, 0.717) is 0 Å². The van der Waals surface area contributed by atoms with Crippen molar-refractivity contribution < 1.29 is 9.09 Å². The van der Waals surface area contributed by atoms with Crippen LogP contribution < -0.4 is 0 Å². The molecule has 2 heterocycles. The van der Waals surface area contributed by atoms with Gasteiger partial charge in [-0.25, -0.2) is 9.34 Å². The number of nitrogens with zero attached hydrogens (tertiary/aromatic N) is 2. The van der Waals surface area contributed by atoms with Crippen LogP contribution in [0.4, 0.5) is 0 Å².